The summed E-state index contributed by atoms with van der Waals surface area (Å²) < 4.78 is 10.3. The van der Waals surface area contributed by atoms with Gasteiger partial charge in [-0.3, -0.25) is 9.69 Å². The van der Waals surface area contributed by atoms with Gasteiger partial charge in [-0.15, -0.1) is 0 Å². The molecule has 0 bridgehead atoms. The molecular formula is C18H19N5O3. The van der Waals surface area contributed by atoms with Crippen molar-refractivity contribution in [2.45, 2.75) is 13.5 Å². The molecule has 26 heavy (non-hydrogen) atoms. The fourth-order valence-electron chi connectivity index (χ4n) is 2.99. The Bertz CT molecular complexity index is 881. The van der Waals surface area contributed by atoms with Gasteiger partial charge >= 0.3 is 0 Å². The highest BCUT2D eigenvalue weighted by molar-refractivity contribution is 5.93. The van der Waals surface area contributed by atoms with E-state index in [0.29, 0.717) is 42.8 Å². The maximum atomic E-state index is 12.7. The van der Waals surface area contributed by atoms with Gasteiger partial charge in [-0.2, -0.15) is 4.98 Å². The van der Waals surface area contributed by atoms with Crippen molar-refractivity contribution in [2.24, 2.45) is 0 Å². The number of nitrogens with zero attached hydrogens (tertiary/aromatic N) is 5. The molecule has 1 fully saturated rings. The van der Waals surface area contributed by atoms with Crippen LogP contribution >= 0.6 is 0 Å². The van der Waals surface area contributed by atoms with Crippen LogP contribution < -0.4 is 0 Å². The Balaban J connectivity index is 1.36. The number of carbonyl (C=O) groups excluding carboxylic acids is 1. The average Bonchev–Trinajstić information content (AvgIpc) is 3.32. The minimum Gasteiger partial charge on any atom is -0.355 e. The first-order valence-corrected chi connectivity index (χ1v) is 8.52. The molecule has 0 atom stereocenters. The van der Waals surface area contributed by atoms with E-state index in [1.807, 2.05) is 30.3 Å². The van der Waals surface area contributed by atoms with Crippen LogP contribution in [0.1, 0.15) is 22.2 Å². The summed E-state index contributed by atoms with van der Waals surface area (Å²) in [6.45, 7) is 5.16. The van der Waals surface area contributed by atoms with Crippen molar-refractivity contribution in [1.29, 1.82) is 0 Å². The first-order valence-electron chi connectivity index (χ1n) is 8.52. The van der Waals surface area contributed by atoms with Crippen molar-refractivity contribution >= 4 is 5.91 Å². The molecule has 0 spiro atoms. The van der Waals surface area contributed by atoms with E-state index in [4.69, 9.17) is 9.05 Å². The molecule has 0 radical (unpaired) electrons. The van der Waals surface area contributed by atoms with E-state index < -0.39 is 0 Å². The second-order valence-electron chi connectivity index (χ2n) is 6.24. The van der Waals surface area contributed by atoms with Gasteiger partial charge in [0.25, 0.3) is 5.91 Å². The summed E-state index contributed by atoms with van der Waals surface area (Å²) >= 11 is 0. The number of hydrogen-bond donors (Lipinski definition) is 0. The van der Waals surface area contributed by atoms with E-state index in [0.717, 1.165) is 18.7 Å². The van der Waals surface area contributed by atoms with Crippen molar-refractivity contribution in [3.8, 4) is 11.3 Å². The molecule has 0 aliphatic carbocycles. The number of amides is 1. The number of benzene rings is 1. The summed E-state index contributed by atoms with van der Waals surface area (Å²) in [5, 5.41) is 7.86. The molecule has 134 valence electrons. The van der Waals surface area contributed by atoms with E-state index in [2.05, 4.69) is 20.2 Å². The predicted molar refractivity (Wildman–Crippen MR) is 92.2 cm³/mol. The number of aryl methyl sites for hydroxylation is 1. The molecular weight excluding hydrogens is 334 g/mol. The molecule has 1 aliphatic rings. The highest BCUT2D eigenvalue weighted by Gasteiger charge is 2.25. The van der Waals surface area contributed by atoms with Gasteiger partial charge in [0, 0.05) is 44.7 Å². The predicted octanol–water partition coefficient (Wildman–Crippen LogP) is 1.99. The van der Waals surface area contributed by atoms with Gasteiger partial charge in [0.2, 0.25) is 5.89 Å². The second kappa shape index (κ2) is 7.09. The first kappa shape index (κ1) is 16.5. The third-order valence-corrected chi connectivity index (χ3v) is 4.38. The number of hydrogen-bond acceptors (Lipinski definition) is 7. The van der Waals surface area contributed by atoms with Crippen molar-refractivity contribution in [3.63, 3.8) is 0 Å². The Morgan fingerprint density at radius 2 is 1.85 bits per heavy atom. The second-order valence-corrected chi connectivity index (χ2v) is 6.24. The Labute approximate surface area is 150 Å². The van der Waals surface area contributed by atoms with Gasteiger partial charge in [0.15, 0.2) is 17.3 Å². The standard InChI is InChI=1S/C18H19N5O3/c1-13-19-17(21-25-13)12-22-7-9-23(10-8-22)18(24)15-11-16(26-20-15)14-5-3-2-4-6-14/h2-6,11H,7-10,12H2,1H3. The van der Waals surface area contributed by atoms with Crippen molar-refractivity contribution in [3.05, 3.63) is 53.8 Å². The topological polar surface area (TPSA) is 88.5 Å². The number of rotatable bonds is 4. The number of carbonyl (C=O) groups is 1. The van der Waals surface area contributed by atoms with Gasteiger partial charge in [0.1, 0.15) is 0 Å². The highest BCUT2D eigenvalue weighted by atomic mass is 16.5. The van der Waals surface area contributed by atoms with Crippen LogP contribution in [0, 0.1) is 6.92 Å². The van der Waals surface area contributed by atoms with E-state index >= 15 is 0 Å². The van der Waals surface area contributed by atoms with Crippen LogP contribution in [-0.2, 0) is 6.54 Å². The Morgan fingerprint density at radius 3 is 2.54 bits per heavy atom. The molecule has 3 aromatic rings. The van der Waals surface area contributed by atoms with Gasteiger partial charge < -0.3 is 13.9 Å². The van der Waals surface area contributed by atoms with Crippen LogP contribution in [0.25, 0.3) is 11.3 Å². The van der Waals surface area contributed by atoms with Crippen LogP contribution in [0.4, 0.5) is 0 Å². The van der Waals surface area contributed by atoms with Gasteiger partial charge in [0.05, 0.1) is 6.54 Å². The summed E-state index contributed by atoms with van der Waals surface area (Å²) in [6.07, 6.45) is 0. The lowest BCUT2D eigenvalue weighted by Gasteiger charge is -2.33. The van der Waals surface area contributed by atoms with Crippen LogP contribution in [-0.4, -0.2) is 57.2 Å². The molecule has 8 heteroatoms. The lowest BCUT2D eigenvalue weighted by molar-refractivity contribution is 0.0614. The third kappa shape index (κ3) is 3.50. The highest BCUT2D eigenvalue weighted by Crippen LogP contribution is 2.20. The minimum absolute atomic E-state index is 0.106. The fourth-order valence-corrected chi connectivity index (χ4v) is 2.99. The maximum absolute atomic E-state index is 12.7. The zero-order chi connectivity index (χ0) is 17.9. The van der Waals surface area contributed by atoms with Gasteiger partial charge in [-0.05, 0) is 0 Å². The average molecular weight is 353 g/mol. The zero-order valence-corrected chi connectivity index (χ0v) is 14.5. The van der Waals surface area contributed by atoms with Crippen LogP contribution in [0.3, 0.4) is 0 Å². The molecule has 0 N–H and O–H groups in total. The van der Waals surface area contributed by atoms with Crippen molar-refractivity contribution in [1.82, 2.24) is 25.1 Å². The summed E-state index contributed by atoms with van der Waals surface area (Å²) in [6, 6.07) is 11.3. The first-order chi connectivity index (χ1) is 12.7. The minimum atomic E-state index is -0.106. The molecule has 0 unspecified atom stereocenters. The smallest absolute Gasteiger partial charge is 0.276 e. The van der Waals surface area contributed by atoms with E-state index in [9.17, 15) is 4.79 Å². The number of piperazine rings is 1. The summed E-state index contributed by atoms with van der Waals surface area (Å²) in [5.41, 5.74) is 1.24. The van der Waals surface area contributed by atoms with Crippen LogP contribution in [0.2, 0.25) is 0 Å². The molecule has 1 aromatic carbocycles. The fraction of sp³-hybridized carbons (Fsp3) is 0.333. The quantitative estimate of drug-likeness (QED) is 0.708. The monoisotopic (exact) mass is 353 g/mol. The lowest BCUT2D eigenvalue weighted by atomic mass is 10.1. The Hall–Kier alpha value is -3.00. The summed E-state index contributed by atoms with van der Waals surface area (Å²) in [7, 11) is 0. The van der Waals surface area contributed by atoms with E-state index in [-0.39, 0.29) is 5.91 Å². The van der Waals surface area contributed by atoms with Crippen LogP contribution in [0.15, 0.2) is 45.4 Å². The van der Waals surface area contributed by atoms with Gasteiger partial charge in [-0.1, -0.05) is 40.6 Å². The van der Waals surface area contributed by atoms with E-state index in [1.165, 1.54) is 0 Å². The van der Waals surface area contributed by atoms with Crippen molar-refractivity contribution in [2.75, 3.05) is 26.2 Å². The molecule has 1 amide bonds. The number of aromatic nitrogens is 3. The zero-order valence-electron chi connectivity index (χ0n) is 14.5. The molecule has 1 saturated heterocycles. The summed E-state index contributed by atoms with van der Waals surface area (Å²) in [4.78, 5) is 20.9. The van der Waals surface area contributed by atoms with Crippen molar-refractivity contribution < 1.29 is 13.8 Å². The molecule has 3 heterocycles. The van der Waals surface area contributed by atoms with E-state index in [1.54, 1.807) is 17.9 Å². The molecule has 8 nitrogen and oxygen atoms in total. The third-order valence-electron chi connectivity index (χ3n) is 4.38. The summed E-state index contributed by atoms with van der Waals surface area (Å²) in [5.74, 6) is 1.73. The largest absolute Gasteiger partial charge is 0.355 e. The lowest BCUT2D eigenvalue weighted by Crippen LogP contribution is -2.48. The maximum Gasteiger partial charge on any atom is 0.276 e. The molecule has 2 aromatic heterocycles. The van der Waals surface area contributed by atoms with Gasteiger partial charge in [-0.25, -0.2) is 0 Å². The Kier molecular flexibility index (Phi) is 4.49. The van der Waals surface area contributed by atoms with Crippen LogP contribution in [0.5, 0.6) is 0 Å². The molecule has 1 aliphatic heterocycles. The SMILES string of the molecule is Cc1nc(CN2CCN(C(=O)c3cc(-c4ccccc4)on3)CC2)no1. The normalized spacial score (nSPS) is 15.3. The molecule has 0 saturated carbocycles. The molecule has 4 rings (SSSR count). The Morgan fingerprint density at radius 1 is 1.08 bits per heavy atom.